The molecule has 0 aliphatic heterocycles. The van der Waals surface area contributed by atoms with E-state index >= 15 is 0 Å². The topological polar surface area (TPSA) is 123 Å². The van der Waals surface area contributed by atoms with Gasteiger partial charge in [0.25, 0.3) is 10.0 Å². The molecule has 0 saturated carbocycles. The third-order valence-corrected chi connectivity index (χ3v) is 5.44. The zero-order valence-electron chi connectivity index (χ0n) is 19.0. The summed E-state index contributed by atoms with van der Waals surface area (Å²) in [5.74, 6) is 0.0588. The van der Waals surface area contributed by atoms with E-state index in [1.807, 2.05) is 0 Å². The van der Waals surface area contributed by atoms with Crippen molar-refractivity contribution in [3.05, 3.63) is 60.2 Å². The van der Waals surface area contributed by atoms with Crippen LogP contribution < -0.4 is 20.1 Å². The molecule has 0 saturated heterocycles. The Kier molecular flexibility index (Phi) is 8.86. The lowest BCUT2D eigenvalue weighted by molar-refractivity contribution is -0.116. The number of amides is 2. The number of para-hydroxylation sites is 2. The highest BCUT2D eigenvalue weighted by molar-refractivity contribution is 7.92. The first-order valence-electron chi connectivity index (χ1n) is 10.2. The van der Waals surface area contributed by atoms with Gasteiger partial charge < -0.3 is 20.1 Å². The fourth-order valence-corrected chi connectivity index (χ4v) is 3.66. The number of rotatable bonds is 9. The van der Waals surface area contributed by atoms with Crippen molar-refractivity contribution in [2.24, 2.45) is 0 Å². The predicted octanol–water partition coefficient (Wildman–Crippen LogP) is 3.15. The minimum Gasteiger partial charge on any atom is -0.495 e. The van der Waals surface area contributed by atoms with Crippen LogP contribution in [-0.4, -0.2) is 46.2 Å². The Labute approximate surface area is 194 Å². The van der Waals surface area contributed by atoms with Crippen LogP contribution >= 0.6 is 0 Å². The van der Waals surface area contributed by atoms with E-state index in [-0.39, 0.29) is 23.9 Å². The first kappa shape index (κ1) is 25.7. The number of benzene rings is 2. The number of carbonyl (C=O) groups excluding carboxylic acids is 2. The highest BCUT2D eigenvalue weighted by atomic mass is 32.2. The van der Waals surface area contributed by atoms with Crippen molar-refractivity contribution in [1.82, 2.24) is 10.6 Å². The quantitative estimate of drug-likeness (QED) is 0.378. The molecule has 0 heterocycles. The van der Waals surface area contributed by atoms with Crippen LogP contribution in [0.25, 0.3) is 6.08 Å². The third-order valence-electron chi connectivity index (χ3n) is 4.06. The maximum absolute atomic E-state index is 12.6. The zero-order chi connectivity index (χ0) is 24.5. The molecule has 9 nitrogen and oxygen atoms in total. The number of ether oxygens (including phenoxy) is 2. The summed E-state index contributed by atoms with van der Waals surface area (Å²) in [7, 11) is -2.35. The average Bonchev–Trinajstić information content (AvgIpc) is 2.74. The minimum absolute atomic E-state index is 0.0724. The van der Waals surface area contributed by atoms with Crippen LogP contribution in [0.2, 0.25) is 0 Å². The Morgan fingerprint density at radius 1 is 0.970 bits per heavy atom. The number of carbonyl (C=O) groups is 2. The Bertz CT molecular complexity index is 1090. The highest BCUT2D eigenvalue weighted by Crippen LogP contribution is 2.26. The van der Waals surface area contributed by atoms with Crippen molar-refractivity contribution in [3.63, 3.8) is 0 Å². The second-order valence-electron chi connectivity index (χ2n) is 7.93. The molecule has 2 aromatic carbocycles. The van der Waals surface area contributed by atoms with Gasteiger partial charge in [0, 0.05) is 19.2 Å². The van der Waals surface area contributed by atoms with Gasteiger partial charge in [-0.25, -0.2) is 13.2 Å². The van der Waals surface area contributed by atoms with E-state index in [0.29, 0.717) is 17.0 Å². The van der Waals surface area contributed by atoms with E-state index in [0.717, 1.165) is 0 Å². The van der Waals surface area contributed by atoms with Gasteiger partial charge in [-0.3, -0.25) is 9.52 Å². The van der Waals surface area contributed by atoms with Crippen molar-refractivity contribution < 1.29 is 27.5 Å². The van der Waals surface area contributed by atoms with E-state index in [4.69, 9.17) is 9.47 Å². The summed E-state index contributed by atoms with van der Waals surface area (Å²) < 4.78 is 38.0. The van der Waals surface area contributed by atoms with Crippen molar-refractivity contribution in [2.75, 3.05) is 24.9 Å². The fraction of sp³-hybridized carbons (Fsp3) is 0.304. The fourth-order valence-electron chi connectivity index (χ4n) is 2.59. The number of hydrogen-bond donors (Lipinski definition) is 3. The first-order chi connectivity index (χ1) is 15.5. The van der Waals surface area contributed by atoms with Crippen LogP contribution in [0.5, 0.6) is 5.75 Å². The summed E-state index contributed by atoms with van der Waals surface area (Å²) >= 11 is 0. The summed E-state index contributed by atoms with van der Waals surface area (Å²) in [6.45, 7) is 5.74. The van der Waals surface area contributed by atoms with Gasteiger partial charge in [-0.05, 0) is 56.7 Å². The molecule has 2 amide bonds. The van der Waals surface area contributed by atoms with E-state index in [9.17, 15) is 18.0 Å². The Balaban J connectivity index is 1.86. The van der Waals surface area contributed by atoms with Gasteiger partial charge >= 0.3 is 6.09 Å². The van der Waals surface area contributed by atoms with E-state index < -0.39 is 21.7 Å². The van der Waals surface area contributed by atoms with Crippen molar-refractivity contribution in [1.29, 1.82) is 0 Å². The van der Waals surface area contributed by atoms with Crippen LogP contribution in [0.4, 0.5) is 10.5 Å². The van der Waals surface area contributed by atoms with Crippen LogP contribution in [0.3, 0.4) is 0 Å². The van der Waals surface area contributed by atoms with Crippen LogP contribution in [0, 0.1) is 0 Å². The van der Waals surface area contributed by atoms with Crippen LogP contribution in [0.1, 0.15) is 26.3 Å². The van der Waals surface area contributed by atoms with Gasteiger partial charge in [-0.1, -0.05) is 24.3 Å². The van der Waals surface area contributed by atoms with E-state index in [1.54, 1.807) is 63.2 Å². The van der Waals surface area contributed by atoms with Crippen molar-refractivity contribution in [2.45, 2.75) is 31.3 Å². The number of hydrogen-bond acceptors (Lipinski definition) is 6. The Hall–Kier alpha value is -3.53. The normalized spacial score (nSPS) is 11.6. The molecule has 3 N–H and O–H groups in total. The molecule has 0 fully saturated rings. The number of methoxy groups -OCH3 is 1. The summed E-state index contributed by atoms with van der Waals surface area (Å²) in [5, 5.41) is 5.17. The lowest BCUT2D eigenvalue weighted by Crippen LogP contribution is -2.37. The van der Waals surface area contributed by atoms with Crippen molar-refractivity contribution in [3.8, 4) is 5.75 Å². The monoisotopic (exact) mass is 475 g/mol. The third kappa shape index (κ3) is 8.85. The lowest BCUT2D eigenvalue weighted by Gasteiger charge is -2.19. The number of sulfonamides is 1. The largest absolute Gasteiger partial charge is 0.495 e. The molecule has 0 bridgehead atoms. The minimum atomic E-state index is -3.81. The summed E-state index contributed by atoms with van der Waals surface area (Å²) in [4.78, 5) is 23.5. The van der Waals surface area contributed by atoms with Crippen LogP contribution in [0.15, 0.2) is 59.5 Å². The molecule has 0 atom stereocenters. The molecule has 0 spiro atoms. The second-order valence-corrected chi connectivity index (χ2v) is 9.61. The number of nitrogens with one attached hydrogen (secondary N) is 3. The summed E-state index contributed by atoms with van der Waals surface area (Å²) in [6.07, 6.45) is 2.33. The molecule has 0 aliphatic rings. The highest BCUT2D eigenvalue weighted by Gasteiger charge is 2.16. The van der Waals surface area contributed by atoms with Crippen LogP contribution in [-0.2, 0) is 19.6 Å². The molecule has 2 aromatic rings. The predicted molar refractivity (Wildman–Crippen MR) is 127 cm³/mol. The maximum atomic E-state index is 12.6. The smallest absolute Gasteiger partial charge is 0.407 e. The molecular formula is C23H29N3O6S. The molecule has 2 rings (SSSR count). The Morgan fingerprint density at radius 2 is 1.61 bits per heavy atom. The molecule has 0 radical (unpaired) electrons. The molecule has 178 valence electrons. The first-order valence-corrected chi connectivity index (χ1v) is 11.7. The lowest BCUT2D eigenvalue weighted by atomic mass is 10.2. The molecular weight excluding hydrogens is 446 g/mol. The average molecular weight is 476 g/mol. The molecule has 0 unspecified atom stereocenters. The van der Waals surface area contributed by atoms with Gasteiger partial charge in [-0.2, -0.15) is 0 Å². The molecule has 0 aliphatic carbocycles. The standard InChI is InChI=1S/C23H29N3O6S/c1-23(2,3)32-22(28)25-16-15-24-21(27)14-11-17-9-12-18(13-10-17)33(29,30)26-19-7-5-6-8-20(19)31-4/h5-14,26H,15-16H2,1-4H3,(H,24,27)(H,25,28)/b14-11+. The summed E-state index contributed by atoms with van der Waals surface area (Å²) in [6, 6.07) is 12.8. The van der Waals surface area contributed by atoms with Gasteiger partial charge in [0.05, 0.1) is 17.7 Å². The second kappa shape index (κ2) is 11.4. The molecule has 33 heavy (non-hydrogen) atoms. The van der Waals surface area contributed by atoms with E-state index in [2.05, 4.69) is 15.4 Å². The zero-order valence-corrected chi connectivity index (χ0v) is 19.9. The maximum Gasteiger partial charge on any atom is 0.407 e. The Morgan fingerprint density at radius 3 is 2.24 bits per heavy atom. The molecule has 10 heteroatoms. The van der Waals surface area contributed by atoms with Gasteiger partial charge in [0.1, 0.15) is 11.4 Å². The SMILES string of the molecule is COc1ccccc1NS(=O)(=O)c1ccc(/C=C/C(=O)NCCNC(=O)OC(C)(C)C)cc1. The van der Waals surface area contributed by atoms with Gasteiger partial charge in [-0.15, -0.1) is 0 Å². The number of alkyl carbamates (subject to hydrolysis) is 1. The van der Waals surface area contributed by atoms with Gasteiger partial charge in [0.15, 0.2) is 0 Å². The van der Waals surface area contributed by atoms with E-state index in [1.165, 1.54) is 25.3 Å². The molecule has 0 aromatic heterocycles. The van der Waals surface area contributed by atoms with Crippen molar-refractivity contribution >= 4 is 33.8 Å². The summed E-state index contributed by atoms with van der Waals surface area (Å²) in [5.41, 5.74) is 0.394. The van der Waals surface area contributed by atoms with Gasteiger partial charge in [0.2, 0.25) is 5.91 Å². The number of anilines is 1.